The molecule has 1 unspecified atom stereocenters. The van der Waals surface area contributed by atoms with Crippen LogP contribution < -0.4 is 5.32 Å². The number of nitrogens with one attached hydrogen (secondary N) is 1. The normalized spacial score (nSPS) is 21.3. The van der Waals surface area contributed by atoms with Gasteiger partial charge in [0, 0.05) is 32.6 Å². The molecular weight excluding hydrogens is 196 g/mol. The van der Waals surface area contributed by atoms with Gasteiger partial charge in [-0.2, -0.15) is 0 Å². The Balaban J connectivity index is 2.20. The van der Waals surface area contributed by atoms with Crippen LogP contribution in [0.25, 0.3) is 0 Å². The minimum Gasteiger partial charge on any atom is -0.394 e. The summed E-state index contributed by atoms with van der Waals surface area (Å²) in [5.74, 6) is 0.0174. The Labute approximate surface area is 90.1 Å². The second-order valence-electron chi connectivity index (χ2n) is 4.11. The third-order valence-electron chi connectivity index (χ3n) is 2.67. The highest BCUT2D eigenvalue weighted by atomic mass is 16.3. The number of likely N-dealkylation sites (tertiary alicyclic amines) is 1. The van der Waals surface area contributed by atoms with Crippen LogP contribution in [0.5, 0.6) is 0 Å². The molecule has 3 N–H and O–H groups in total. The SMILES string of the molecule is CC(=O)NC1CCN(CC(O)CO)CC1. The van der Waals surface area contributed by atoms with Gasteiger partial charge < -0.3 is 20.4 Å². The fraction of sp³-hybridized carbons (Fsp3) is 0.900. The van der Waals surface area contributed by atoms with Crippen molar-refractivity contribution in [2.24, 2.45) is 0 Å². The van der Waals surface area contributed by atoms with E-state index in [4.69, 9.17) is 5.11 Å². The quantitative estimate of drug-likeness (QED) is 0.560. The average molecular weight is 216 g/mol. The van der Waals surface area contributed by atoms with E-state index in [2.05, 4.69) is 10.2 Å². The fourth-order valence-corrected chi connectivity index (χ4v) is 1.90. The highest BCUT2D eigenvalue weighted by Crippen LogP contribution is 2.10. The molecule has 5 nitrogen and oxygen atoms in total. The van der Waals surface area contributed by atoms with Gasteiger partial charge in [-0.25, -0.2) is 0 Å². The molecule has 1 rings (SSSR count). The van der Waals surface area contributed by atoms with Crippen molar-refractivity contribution >= 4 is 5.91 Å². The van der Waals surface area contributed by atoms with E-state index in [0.717, 1.165) is 25.9 Å². The van der Waals surface area contributed by atoms with Crippen molar-refractivity contribution in [1.82, 2.24) is 10.2 Å². The molecule has 1 saturated heterocycles. The molecule has 1 fully saturated rings. The largest absolute Gasteiger partial charge is 0.394 e. The molecule has 1 amide bonds. The number of nitrogens with zero attached hydrogens (tertiary/aromatic N) is 1. The summed E-state index contributed by atoms with van der Waals surface area (Å²) in [6.07, 6.45) is 1.18. The van der Waals surface area contributed by atoms with Crippen molar-refractivity contribution in [3.63, 3.8) is 0 Å². The molecule has 88 valence electrons. The van der Waals surface area contributed by atoms with E-state index in [0.29, 0.717) is 6.54 Å². The number of β-amino-alcohol motifs (C(OH)–C–C–N with tert-alkyl or cyclic N) is 1. The maximum absolute atomic E-state index is 10.8. The van der Waals surface area contributed by atoms with Crippen LogP contribution in [0.15, 0.2) is 0 Å². The van der Waals surface area contributed by atoms with Crippen molar-refractivity contribution in [2.45, 2.75) is 31.9 Å². The summed E-state index contributed by atoms with van der Waals surface area (Å²) in [4.78, 5) is 12.9. The molecule has 0 aliphatic carbocycles. The molecule has 15 heavy (non-hydrogen) atoms. The number of hydrogen-bond acceptors (Lipinski definition) is 4. The van der Waals surface area contributed by atoms with Gasteiger partial charge in [-0.05, 0) is 12.8 Å². The summed E-state index contributed by atoms with van der Waals surface area (Å²) in [5, 5.41) is 20.9. The predicted octanol–water partition coefficient (Wildman–Crippen LogP) is -1.06. The summed E-state index contributed by atoms with van der Waals surface area (Å²) in [5.41, 5.74) is 0. The zero-order valence-electron chi connectivity index (χ0n) is 9.15. The maximum Gasteiger partial charge on any atom is 0.217 e. The first-order valence-electron chi connectivity index (χ1n) is 5.40. The second-order valence-corrected chi connectivity index (χ2v) is 4.11. The summed E-state index contributed by atoms with van der Waals surface area (Å²) in [7, 11) is 0. The van der Waals surface area contributed by atoms with Crippen molar-refractivity contribution in [3.8, 4) is 0 Å². The molecule has 1 aliphatic rings. The van der Waals surface area contributed by atoms with Gasteiger partial charge in [0.2, 0.25) is 5.91 Å². The third-order valence-corrected chi connectivity index (χ3v) is 2.67. The van der Waals surface area contributed by atoms with Gasteiger partial charge in [-0.3, -0.25) is 4.79 Å². The average Bonchev–Trinajstić information content (AvgIpc) is 2.20. The molecule has 1 heterocycles. The molecule has 0 saturated carbocycles. The predicted molar refractivity (Wildman–Crippen MR) is 56.4 cm³/mol. The topological polar surface area (TPSA) is 72.8 Å². The Kier molecular flexibility index (Phi) is 5.01. The van der Waals surface area contributed by atoms with Crippen molar-refractivity contribution in [2.75, 3.05) is 26.2 Å². The van der Waals surface area contributed by atoms with Gasteiger partial charge in [0.25, 0.3) is 0 Å². The van der Waals surface area contributed by atoms with E-state index in [1.165, 1.54) is 6.92 Å². The summed E-state index contributed by atoms with van der Waals surface area (Å²) < 4.78 is 0. The summed E-state index contributed by atoms with van der Waals surface area (Å²) >= 11 is 0. The smallest absolute Gasteiger partial charge is 0.217 e. The Morgan fingerprint density at radius 2 is 2.13 bits per heavy atom. The van der Waals surface area contributed by atoms with E-state index in [1.54, 1.807) is 0 Å². The lowest BCUT2D eigenvalue weighted by atomic mass is 10.0. The molecule has 0 bridgehead atoms. The maximum atomic E-state index is 10.8. The lowest BCUT2D eigenvalue weighted by Crippen LogP contribution is -2.46. The first kappa shape index (κ1) is 12.4. The molecule has 1 atom stereocenters. The van der Waals surface area contributed by atoms with Crippen molar-refractivity contribution in [1.29, 1.82) is 0 Å². The first-order valence-corrected chi connectivity index (χ1v) is 5.40. The molecule has 0 aromatic carbocycles. The molecule has 5 heteroatoms. The fourth-order valence-electron chi connectivity index (χ4n) is 1.90. The minimum absolute atomic E-state index is 0.0174. The van der Waals surface area contributed by atoms with E-state index < -0.39 is 6.10 Å². The number of rotatable bonds is 4. The number of carbonyl (C=O) groups is 1. The van der Waals surface area contributed by atoms with Gasteiger partial charge in [0.15, 0.2) is 0 Å². The molecule has 0 aromatic heterocycles. The minimum atomic E-state index is -0.651. The zero-order valence-corrected chi connectivity index (χ0v) is 9.15. The van der Waals surface area contributed by atoms with Crippen LogP contribution in [0.4, 0.5) is 0 Å². The van der Waals surface area contributed by atoms with Gasteiger partial charge in [-0.1, -0.05) is 0 Å². The van der Waals surface area contributed by atoms with Crippen molar-refractivity contribution < 1.29 is 15.0 Å². The van der Waals surface area contributed by atoms with Gasteiger partial charge >= 0.3 is 0 Å². The van der Waals surface area contributed by atoms with E-state index in [1.807, 2.05) is 0 Å². The summed E-state index contributed by atoms with van der Waals surface area (Å²) in [6, 6.07) is 0.269. The van der Waals surface area contributed by atoms with E-state index >= 15 is 0 Å². The second kappa shape index (κ2) is 6.05. The van der Waals surface area contributed by atoms with Crippen molar-refractivity contribution in [3.05, 3.63) is 0 Å². The monoisotopic (exact) mass is 216 g/mol. The molecule has 0 radical (unpaired) electrons. The third kappa shape index (κ3) is 4.59. The van der Waals surface area contributed by atoms with E-state index in [9.17, 15) is 9.90 Å². The highest BCUT2D eigenvalue weighted by molar-refractivity contribution is 5.73. The van der Waals surface area contributed by atoms with Crippen LogP contribution in [-0.2, 0) is 4.79 Å². The van der Waals surface area contributed by atoms with Gasteiger partial charge in [0.05, 0.1) is 12.7 Å². The number of hydrogen-bond donors (Lipinski definition) is 3. The standard InChI is InChI=1S/C10H20N2O3/c1-8(14)11-9-2-4-12(5-3-9)6-10(15)7-13/h9-10,13,15H,2-7H2,1H3,(H,11,14). The zero-order chi connectivity index (χ0) is 11.3. The number of carbonyl (C=O) groups excluding carboxylic acids is 1. The molecule has 0 spiro atoms. The Bertz CT molecular complexity index is 203. The highest BCUT2D eigenvalue weighted by Gasteiger charge is 2.20. The lowest BCUT2D eigenvalue weighted by molar-refractivity contribution is -0.120. The van der Waals surface area contributed by atoms with E-state index in [-0.39, 0.29) is 18.6 Å². The molecular formula is C10H20N2O3. The number of piperidine rings is 1. The molecule has 1 aliphatic heterocycles. The molecule has 0 aromatic rings. The van der Waals surface area contributed by atoms with Gasteiger partial charge in [0.1, 0.15) is 0 Å². The Morgan fingerprint density at radius 3 is 2.60 bits per heavy atom. The first-order chi connectivity index (χ1) is 7.11. The lowest BCUT2D eigenvalue weighted by Gasteiger charge is -2.32. The van der Waals surface area contributed by atoms with Crippen LogP contribution in [-0.4, -0.2) is 59.4 Å². The van der Waals surface area contributed by atoms with Crippen LogP contribution in [0.2, 0.25) is 0 Å². The van der Waals surface area contributed by atoms with Crippen LogP contribution >= 0.6 is 0 Å². The number of aliphatic hydroxyl groups is 2. The Morgan fingerprint density at radius 1 is 1.53 bits per heavy atom. The van der Waals surface area contributed by atoms with Crippen LogP contribution in [0.3, 0.4) is 0 Å². The Hall–Kier alpha value is -0.650. The number of amides is 1. The van der Waals surface area contributed by atoms with Gasteiger partial charge in [-0.15, -0.1) is 0 Å². The summed E-state index contributed by atoms with van der Waals surface area (Å²) in [6.45, 7) is 3.58. The van der Waals surface area contributed by atoms with Crippen LogP contribution in [0, 0.1) is 0 Å². The number of aliphatic hydroxyl groups excluding tert-OH is 2. The van der Waals surface area contributed by atoms with Crippen LogP contribution in [0.1, 0.15) is 19.8 Å².